The lowest BCUT2D eigenvalue weighted by atomic mass is 9.97. The SMILES string of the molecule is Cc1nnc2ccc(N3CCC[C@@H](C(=O)NCc4ccc(F)cc4)C3)nn12. The fourth-order valence-electron chi connectivity index (χ4n) is 3.39. The van der Waals surface area contributed by atoms with Crippen LogP contribution in [0.3, 0.4) is 0 Å². The molecule has 8 heteroatoms. The van der Waals surface area contributed by atoms with Crippen LogP contribution in [0.15, 0.2) is 36.4 Å². The van der Waals surface area contributed by atoms with E-state index in [2.05, 4.69) is 25.5 Å². The van der Waals surface area contributed by atoms with Crippen molar-refractivity contribution in [2.75, 3.05) is 18.0 Å². The number of carbonyl (C=O) groups excluding carboxylic acids is 1. The third-order valence-corrected chi connectivity index (χ3v) is 4.90. The maximum absolute atomic E-state index is 13.0. The van der Waals surface area contributed by atoms with Gasteiger partial charge in [-0.3, -0.25) is 4.79 Å². The second-order valence-electron chi connectivity index (χ2n) is 6.84. The number of hydrogen-bond acceptors (Lipinski definition) is 5. The number of aryl methyl sites for hydroxylation is 1. The minimum atomic E-state index is -0.277. The molecule has 1 atom stereocenters. The molecular formula is C19H21FN6O. The Morgan fingerprint density at radius 3 is 2.85 bits per heavy atom. The lowest BCUT2D eigenvalue weighted by Crippen LogP contribution is -2.43. The summed E-state index contributed by atoms with van der Waals surface area (Å²) in [5.41, 5.74) is 1.59. The van der Waals surface area contributed by atoms with E-state index in [9.17, 15) is 9.18 Å². The maximum atomic E-state index is 13.0. The number of halogens is 1. The summed E-state index contributed by atoms with van der Waals surface area (Å²) in [6.07, 6.45) is 1.77. The van der Waals surface area contributed by atoms with E-state index in [4.69, 9.17) is 0 Å². The summed E-state index contributed by atoms with van der Waals surface area (Å²) in [6, 6.07) is 9.98. The number of piperidine rings is 1. The Morgan fingerprint density at radius 2 is 2.04 bits per heavy atom. The number of fused-ring (bicyclic) bond motifs is 1. The Hall–Kier alpha value is -3.03. The summed E-state index contributed by atoms with van der Waals surface area (Å²) in [6.45, 7) is 3.74. The van der Waals surface area contributed by atoms with Crippen LogP contribution in [0.2, 0.25) is 0 Å². The number of amides is 1. The molecule has 0 saturated carbocycles. The molecule has 1 aromatic carbocycles. The molecule has 1 aliphatic rings. The van der Waals surface area contributed by atoms with Crippen molar-refractivity contribution < 1.29 is 9.18 Å². The fraction of sp³-hybridized carbons (Fsp3) is 0.368. The highest BCUT2D eigenvalue weighted by Crippen LogP contribution is 2.22. The Labute approximate surface area is 156 Å². The fourth-order valence-corrected chi connectivity index (χ4v) is 3.39. The maximum Gasteiger partial charge on any atom is 0.225 e. The minimum absolute atomic E-state index is 0.0191. The highest BCUT2D eigenvalue weighted by atomic mass is 19.1. The molecule has 7 nitrogen and oxygen atoms in total. The van der Waals surface area contributed by atoms with Crippen LogP contribution < -0.4 is 10.2 Å². The van der Waals surface area contributed by atoms with Gasteiger partial charge in [-0.05, 0) is 49.6 Å². The van der Waals surface area contributed by atoms with Crippen molar-refractivity contribution in [2.24, 2.45) is 5.92 Å². The van der Waals surface area contributed by atoms with Crippen LogP contribution in [0.5, 0.6) is 0 Å². The molecule has 1 amide bonds. The zero-order valence-corrected chi connectivity index (χ0v) is 15.1. The Balaban J connectivity index is 1.41. The van der Waals surface area contributed by atoms with E-state index in [1.54, 1.807) is 16.6 Å². The Morgan fingerprint density at radius 1 is 1.22 bits per heavy atom. The van der Waals surface area contributed by atoms with Gasteiger partial charge in [-0.1, -0.05) is 12.1 Å². The molecule has 27 heavy (non-hydrogen) atoms. The van der Waals surface area contributed by atoms with E-state index in [0.717, 1.165) is 36.6 Å². The standard InChI is InChI=1S/C19H21FN6O/c1-13-22-23-17-8-9-18(24-26(13)17)25-10-2-3-15(12-25)19(27)21-11-14-4-6-16(20)7-5-14/h4-9,15H,2-3,10-12H2,1H3,(H,21,27)/t15-/m1/s1. The van der Waals surface area contributed by atoms with Crippen molar-refractivity contribution in [1.82, 2.24) is 25.1 Å². The average Bonchev–Trinajstić information content (AvgIpc) is 3.08. The van der Waals surface area contributed by atoms with Gasteiger partial charge in [-0.15, -0.1) is 15.3 Å². The highest BCUT2D eigenvalue weighted by Gasteiger charge is 2.26. The van der Waals surface area contributed by atoms with Gasteiger partial charge >= 0.3 is 0 Å². The predicted molar refractivity (Wildman–Crippen MR) is 98.7 cm³/mol. The number of carbonyl (C=O) groups is 1. The zero-order valence-electron chi connectivity index (χ0n) is 15.1. The van der Waals surface area contributed by atoms with Crippen LogP contribution >= 0.6 is 0 Å². The minimum Gasteiger partial charge on any atom is -0.354 e. The largest absolute Gasteiger partial charge is 0.354 e. The smallest absolute Gasteiger partial charge is 0.225 e. The van der Waals surface area contributed by atoms with Gasteiger partial charge in [0, 0.05) is 19.6 Å². The second kappa shape index (κ2) is 7.30. The van der Waals surface area contributed by atoms with Gasteiger partial charge in [-0.25, -0.2) is 4.39 Å². The van der Waals surface area contributed by atoms with E-state index in [1.807, 2.05) is 19.1 Å². The van der Waals surface area contributed by atoms with E-state index in [1.165, 1.54) is 12.1 Å². The van der Waals surface area contributed by atoms with Gasteiger partial charge in [-0.2, -0.15) is 4.52 Å². The van der Waals surface area contributed by atoms with Gasteiger partial charge < -0.3 is 10.2 Å². The molecule has 2 aromatic heterocycles. The lowest BCUT2D eigenvalue weighted by molar-refractivity contribution is -0.125. The highest BCUT2D eigenvalue weighted by molar-refractivity contribution is 5.79. The third-order valence-electron chi connectivity index (χ3n) is 4.90. The van der Waals surface area contributed by atoms with Crippen LogP contribution in [-0.2, 0) is 11.3 Å². The van der Waals surface area contributed by atoms with Gasteiger partial charge in [0.1, 0.15) is 11.6 Å². The molecule has 3 aromatic rings. The summed E-state index contributed by atoms with van der Waals surface area (Å²) >= 11 is 0. The summed E-state index contributed by atoms with van der Waals surface area (Å²) < 4.78 is 14.7. The van der Waals surface area contributed by atoms with Crippen molar-refractivity contribution in [2.45, 2.75) is 26.3 Å². The van der Waals surface area contributed by atoms with E-state index in [-0.39, 0.29) is 17.6 Å². The number of hydrogen-bond donors (Lipinski definition) is 1. The molecule has 0 aliphatic carbocycles. The number of anilines is 1. The molecule has 1 N–H and O–H groups in total. The first kappa shape index (κ1) is 17.4. The molecule has 1 saturated heterocycles. The van der Waals surface area contributed by atoms with Crippen LogP contribution in [0.25, 0.3) is 5.65 Å². The van der Waals surface area contributed by atoms with Crippen molar-refractivity contribution in [3.05, 3.63) is 53.6 Å². The second-order valence-corrected chi connectivity index (χ2v) is 6.84. The number of benzene rings is 1. The summed E-state index contributed by atoms with van der Waals surface area (Å²) in [4.78, 5) is 14.7. The molecule has 0 unspecified atom stereocenters. The lowest BCUT2D eigenvalue weighted by Gasteiger charge is -2.32. The van der Waals surface area contributed by atoms with E-state index in [0.29, 0.717) is 18.7 Å². The van der Waals surface area contributed by atoms with Crippen LogP contribution in [0, 0.1) is 18.7 Å². The van der Waals surface area contributed by atoms with Crippen molar-refractivity contribution >= 4 is 17.4 Å². The van der Waals surface area contributed by atoms with Gasteiger partial charge in [0.15, 0.2) is 11.5 Å². The molecule has 0 spiro atoms. The Kier molecular flexibility index (Phi) is 4.70. The molecule has 0 bridgehead atoms. The summed E-state index contributed by atoms with van der Waals surface area (Å²) in [7, 11) is 0. The summed E-state index contributed by atoms with van der Waals surface area (Å²) in [5, 5.41) is 15.6. The van der Waals surface area contributed by atoms with Crippen molar-refractivity contribution in [1.29, 1.82) is 0 Å². The van der Waals surface area contributed by atoms with Crippen molar-refractivity contribution in [3.63, 3.8) is 0 Å². The zero-order chi connectivity index (χ0) is 18.8. The monoisotopic (exact) mass is 368 g/mol. The van der Waals surface area contributed by atoms with Gasteiger partial charge in [0.2, 0.25) is 5.91 Å². The molecule has 1 fully saturated rings. The average molecular weight is 368 g/mol. The Bertz CT molecular complexity index is 954. The quantitative estimate of drug-likeness (QED) is 0.763. The molecule has 3 heterocycles. The molecule has 1 aliphatic heterocycles. The van der Waals surface area contributed by atoms with Crippen LogP contribution in [-0.4, -0.2) is 38.8 Å². The van der Waals surface area contributed by atoms with Crippen LogP contribution in [0.1, 0.15) is 24.2 Å². The van der Waals surface area contributed by atoms with E-state index < -0.39 is 0 Å². The molecule has 4 rings (SSSR count). The van der Waals surface area contributed by atoms with E-state index >= 15 is 0 Å². The predicted octanol–water partition coefficient (Wildman–Crippen LogP) is 2.10. The third kappa shape index (κ3) is 3.74. The van der Waals surface area contributed by atoms with Crippen molar-refractivity contribution in [3.8, 4) is 0 Å². The first-order valence-corrected chi connectivity index (χ1v) is 9.06. The molecular weight excluding hydrogens is 347 g/mol. The summed E-state index contributed by atoms with van der Waals surface area (Å²) in [5.74, 6) is 1.20. The molecule has 140 valence electrons. The topological polar surface area (TPSA) is 75.4 Å². The van der Waals surface area contributed by atoms with Gasteiger partial charge in [0.25, 0.3) is 0 Å². The normalized spacial score (nSPS) is 17.3. The number of aromatic nitrogens is 4. The van der Waals surface area contributed by atoms with Gasteiger partial charge in [0.05, 0.1) is 5.92 Å². The molecule has 0 radical (unpaired) electrons. The van der Waals surface area contributed by atoms with Crippen LogP contribution in [0.4, 0.5) is 10.2 Å². The first-order chi connectivity index (χ1) is 13.1. The first-order valence-electron chi connectivity index (χ1n) is 9.06. The number of nitrogens with one attached hydrogen (secondary N) is 1. The number of nitrogens with zero attached hydrogens (tertiary/aromatic N) is 5. The number of rotatable bonds is 4.